The molecule has 0 saturated heterocycles. The third-order valence-electron chi connectivity index (χ3n) is 4.76. The fourth-order valence-corrected chi connectivity index (χ4v) is 3.50. The molecule has 2 atom stereocenters. The molecular weight excluding hydrogens is 280 g/mol. The number of amides is 2. The van der Waals surface area contributed by atoms with Crippen LogP contribution < -0.4 is 10.6 Å². The van der Waals surface area contributed by atoms with Gasteiger partial charge in [-0.25, -0.2) is 0 Å². The molecule has 0 aromatic rings. The SMILES string of the molecule is O=C1C[C@@H](C(=O)NC2CC=CC2)[C@H](C(=O)NC2CC=CC2)C1. The Kier molecular flexibility index (Phi) is 4.41. The Hall–Kier alpha value is -1.91. The Morgan fingerprint density at radius 1 is 0.773 bits per heavy atom. The molecule has 0 spiro atoms. The van der Waals surface area contributed by atoms with Crippen LogP contribution in [-0.2, 0) is 14.4 Å². The van der Waals surface area contributed by atoms with E-state index >= 15 is 0 Å². The fraction of sp³-hybridized carbons (Fsp3) is 0.588. The molecule has 2 amide bonds. The molecule has 5 heteroatoms. The fourth-order valence-electron chi connectivity index (χ4n) is 3.50. The lowest BCUT2D eigenvalue weighted by Gasteiger charge is -2.22. The van der Waals surface area contributed by atoms with Crippen LogP contribution in [0.3, 0.4) is 0 Å². The quantitative estimate of drug-likeness (QED) is 0.768. The van der Waals surface area contributed by atoms with Gasteiger partial charge in [0.2, 0.25) is 11.8 Å². The van der Waals surface area contributed by atoms with Gasteiger partial charge in [0.15, 0.2) is 0 Å². The van der Waals surface area contributed by atoms with E-state index in [2.05, 4.69) is 10.6 Å². The number of rotatable bonds is 4. The summed E-state index contributed by atoms with van der Waals surface area (Å²) in [4.78, 5) is 36.6. The van der Waals surface area contributed by atoms with Crippen molar-refractivity contribution in [3.63, 3.8) is 0 Å². The maximum Gasteiger partial charge on any atom is 0.224 e. The van der Waals surface area contributed by atoms with E-state index in [0.717, 1.165) is 25.7 Å². The van der Waals surface area contributed by atoms with Gasteiger partial charge in [0.05, 0.1) is 11.8 Å². The van der Waals surface area contributed by atoms with E-state index in [1.54, 1.807) is 0 Å². The van der Waals surface area contributed by atoms with E-state index in [-0.39, 0.29) is 42.5 Å². The summed E-state index contributed by atoms with van der Waals surface area (Å²) in [6.45, 7) is 0. The molecule has 0 aliphatic heterocycles. The van der Waals surface area contributed by atoms with Gasteiger partial charge in [-0.2, -0.15) is 0 Å². The van der Waals surface area contributed by atoms with Crippen LogP contribution >= 0.6 is 0 Å². The van der Waals surface area contributed by atoms with Crippen molar-refractivity contribution in [2.75, 3.05) is 0 Å². The molecule has 5 nitrogen and oxygen atoms in total. The number of carbonyl (C=O) groups excluding carboxylic acids is 3. The minimum atomic E-state index is -0.512. The minimum Gasteiger partial charge on any atom is -0.352 e. The van der Waals surface area contributed by atoms with Gasteiger partial charge in [0.1, 0.15) is 5.78 Å². The summed E-state index contributed by atoms with van der Waals surface area (Å²) in [5.41, 5.74) is 0. The lowest BCUT2D eigenvalue weighted by atomic mass is 9.93. The van der Waals surface area contributed by atoms with Gasteiger partial charge < -0.3 is 10.6 Å². The molecule has 1 saturated carbocycles. The maximum atomic E-state index is 12.4. The second-order valence-corrected chi connectivity index (χ2v) is 6.46. The van der Waals surface area contributed by atoms with Crippen LogP contribution in [0.5, 0.6) is 0 Å². The average molecular weight is 302 g/mol. The van der Waals surface area contributed by atoms with Crippen molar-refractivity contribution in [3.8, 4) is 0 Å². The Morgan fingerprint density at radius 3 is 1.50 bits per heavy atom. The van der Waals surface area contributed by atoms with Gasteiger partial charge in [0, 0.05) is 24.9 Å². The summed E-state index contributed by atoms with van der Waals surface area (Å²) >= 11 is 0. The molecular formula is C17H22N2O3. The zero-order chi connectivity index (χ0) is 15.5. The zero-order valence-electron chi connectivity index (χ0n) is 12.6. The van der Waals surface area contributed by atoms with Crippen molar-refractivity contribution in [2.24, 2.45) is 11.8 Å². The monoisotopic (exact) mass is 302 g/mol. The van der Waals surface area contributed by atoms with Gasteiger partial charge >= 0.3 is 0 Å². The van der Waals surface area contributed by atoms with Crippen LogP contribution in [0.15, 0.2) is 24.3 Å². The Labute approximate surface area is 130 Å². The molecule has 22 heavy (non-hydrogen) atoms. The molecule has 1 fully saturated rings. The summed E-state index contributed by atoms with van der Waals surface area (Å²) in [6.07, 6.45) is 11.9. The zero-order valence-corrected chi connectivity index (χ0v) is 12.6. The molecule has 0 heterocycles. The molecule has 0 radical (unpaired) electrons. The lowest BCUT2D eigenvalue weighted by molar-refractivity contribution is -0.134. The first-order valence-electron chi connectivity index (χ1n) is 8.06. The number of ketones is 1. The second kappa shape index (κ2) is 6.46. The predicted octanol–water partition coefficient (Wildman–Crippen LogP) is 1.25. The van der Waals surface area contributed by atoms with E-state index in [9.17, 15) is 14.4 Å². The largest absolute Gasteiger partial charge is 0.352 e. The third kappa shape index (κ3) is 3.29. The average Bonchev–Trinajstić information content (AvgIpc) is 3.19. The summed E-state index contributed by atoms with van der Waals surface area (Å²) in [5.74, 6) is -1.31. The van der Waals surface area contributed by atoms with E-state index in [1.807, 2.05) is 24.3 Å². The third-order valence-corrected chi connectivity index (χ3v) is 4.76. The number of hydrogen-bond acceptors (Lipinski definition) is 3. The first-order valence-corrected chi connectivity index (χ1v) is 8.06. The van der Waals surface area contributed by atoms with Crippen LogP contribution in [0, 0.1) is 11.8 Å². The predicted molar refractivity (Wildman–Crippen MR) is 81.8 cm³/mol. The standard InChI is InChI=1S/C17H22N2O3/c20-13-9-14(16(21)18-11-5-1-2-6-11)15(10-13)17(22)19-12-7-3-4-8-12/h1-4,11-12,14-15H,5-10H2,(H,18,21)(H,19,22)/t14-,15-/m1/s1. The first kappa shape index (κ1) is 15.0. The summed E-state index contributed by atoms with van der Waals surface area (Å²) in [5, 5.41) is 5.95. The van der Waals surface area contributed by atoms with Crippen molar-refractivity contribution in [1.82, 2.24) is 10.6 Å². The Bertz CT molecular complexity index is 476. The van der Waals surface area contributed by atoms with Crippen molar-refractivity contribution in [1.29, 1.82) is 0 Å². The van der Waals surface area contributed by atoms with Crippen molar-refractivity contribution >= 4 is 17.6 Å². The topological polar surface area (TPSA) is 75.3 Å². The van der Waals surface area contributed by atoms with Crippen LogP contribution in [-0.4, -0.2) is 29.7 Å². The molecule has 0 unspecified atom stereocenters. The summed E-state index contributed by atoms with van der Waals surface area (Å²) < 4.78 is 0. The van der Waals surface area contributed by atoms with E-state index in [1.165, 1.54) is 0 Å². The van der Waals surface area contributed by atoms with Gasteiger partial charge in [-0.3, -0.25) is 14.4 Å². The Balaban J connectivity index is 1.59. The van der Waals surface area contributed by atoms with Crippen LogP contribution in [0.4, 0.5) is 0 Å². The van der Waals surface area contributed by atoms with E-state index in [0.29, 0.717) is 0 Å². The highest BCUT2D eigenvalue weighted by atomic mass is 16.2. The van der Waals surface area contributed by atoms with Crippen LogP contribution in [0.1, 0.15) is 38.5 Å². The molecule has 3 aliphatic rings. The van der Waals surface area contributed by atoms with E-state index in [4.69, 9.17) is 0 Å². The van der Waals surface area contributed by atoms with Gasteiger partial charge in [-0.05, 0) is 25.7 Å². The number of carbonyl (C=O) groups is 3. The lowest BCUT2D eigenvalue weighted by Crippen LogP contribution is -2.44. The van der Waals surface area contributed by atoms with Crippen LogP contribution in [0.2, 0.25) is 0 Å². The first-order chi connectivity index (χ1) is 10.6. The van der Waals surface area contributed by atoms with Crippen LogP contribution in [0.25, 0.3) is 0 Å². The molecule has 0 aromatic carbocycles. The van der Waals surface area contributed by atoms with Gasteiger partial charge in [-0.15, -0.1) is 0 Å². The highest BCUT2D eigenvalue weighted by molar-refractivity contribution is 5.98. The van der Waals surface area contributed by atoms with Gasteiger partial charge in [0.25, 0.3) is 0 Å². The highest BCUT2D eigenvalue weighted by Gasteiger charge is 2.42. The Morgan fingerprint density at radius 2 is 1.14 bits per heavy atom. The number of hydrogen-bond donors (Lipinski definition) is 2. The summed E-state index contributed by atoms with van der Waals surface area (Å²) in [6, 6.07) is 0.233. The molecule has 2 N–H and O–H groups in total. The summed E-state index contributed by atoms with van der Waals surface area (Å²) in [7, 11) is 0. The molecule has 118 valence electrons. The molecule has 0 aromatic heterocycles. The normalized spacial score (nSPS) is 28.5. The van der Waals surface area contributed by atoms with Gasteiger partial charge in [-0.1, -0.05) is 24.3 Å². The molecule has 3 rings (SSSR count). The second-order valence-electron chi connectivity index (χ2n) is 6.46. The highest BCUT2D eigenvalue weighted by Crippen LogP contribution is 2.30. The maximum absolute atomic E-state index is 12.4. The van der Waals surface area contributed by atoms with Crippen molar-refractivity contribution in [2.45, 2.75) is 50.6 Å². The number of nitrogens with one attached hydrogen (secondary N) is 2. The number of Topliss-reactive ketones (excluding diaryl/α,β-unsaturated/α-hetero) is 1. The molecule has 0 bridgehead atoms. The van der Waals surface area contributed by atoms with Crippen molar-refractivity contribution < 1.29 is 14.4 Å². The minimum absolute atomic E-state index is 0.00870. The smallest absolute Gasteiger partial charge is 0.224 e. The molecule has 3 aliphatic carbocycles. The van der Waals surface area contributed by atoms with E-state index < -0.39 is 11.8 Å². The van der Waals surface area contributed by atoms with Crippen molar-refractivity contribution in [3.05, 3.63) is 24.3 Å².